The van der Waals surface area contributed by atoms with Crippen LogP contribution in [0.15, 0.2) is 22.7 Å². The van der Waals surface area contributed by atoms with Gasteiger partial charge in [-0.2, -0.15) is 0 Å². The highest BCUT2D eigenvalue weighted by Gasteiger charge is 2.35. The number of carbonyl (C=O) groups excluding carboxylic acids is 1. The maximum Gasteiger partial charge on any atom is 0.307 e. The van der Waals surface area contributed by atoms with Crippen LogP contribution >= 0.6 is 27.5 Å². The van der Waals surface area contributed by atoms with Crippen LogP contribution in [0.3, 0.4) is 0 Å². The summed E-state index contributed by atoms with van der Waals surface area (Å²) in [6.07, 6.45) is 2.95. The first-order chi connectivity index (χ1) is 9.49. The highest BCUT2D eigenvalue weighted by Crippen LogP contribution is 2.32. The Balaban J connectivity index is 2.09. The maximum absolute atomic E-state index is 12.3. The van der Waals surface area contributed by atoms with Crippen LogP contribution in [0.2, 0.25) is 5.02 Å². The number of carboxylic acid groups (broad SMARTS) is 1. The van der Waals surface area contributed by atoms with E-state index in [0.717, 1.165) is 12.8 Å². The molecule has 0 heterocycles. The van der Waals surface area contributed by atoms with Gasteiger partial charge in [0.1, 0.15) is 0 Å². The minimum absolute atomic E-state index is 0.230. The molecule has 0 aromatic heterocycles. The first kappa shape index (κ1) is 15.3. The van der Waals surface area contributed by atoms with Gasteiger partial charge in [0.05, 0.1) is 16.9 Å². The van der Waals surface area contributed by atoms with Crippen LogP contribution in [0.5, 0.6) is 0 Å². The van der Waals surface area contributed by atoms with Gasteiger partial charge in [-0.15, -0.1) is 0 Å². The summed E-state index contributed by atoms with van der Waals surface area (Å²) >= 11 is 9.18. The van der Waals surface area contributed by atoms with Crippen LogP contribution < -0.4 is 5.32 Å². The molecule has 0 bridgehead atoms. The van der Waals surface area contributed by atoms with E-state index in [-0.39, 0.29) is 5.91 Å². The lowest BCUT2D eigenvalue weighted by Crippen LogP contribution is -2.36. The summed E-state index contributed by atoms with van der Waals surface area (Å²) < 4.78 is 0.690. The second-order valence-electron chi connectivity index (χ2n) is 4.95. The van der Waals surface area contributed by atoms with E-state index < -0.39 is 17.8 Å². The highest BCUT2D eigenvalue weighted by atomic mass is 79.9. The number of carbonyl (C=O) groups is 2. The van der Waals surface area contributed by atoms with Crippen molar-refractivity contribution in [2.45, 2.75) is 25.7 Å². The summed E-state index contributed by atoms with van der Waals surface area (Å²) in [5.74, 6) is -2.16. The summed E-state index contributed by atoms with van der Waals surface area (Å²) in [6, 6.07) is 5.08. The Bertz CT molecular complexity index is 535. The van der Waals surface area contributed by atoms with Crippen LogP contribution in [0.1, 0.15) is 25.7 Å². The predicted molar refractivity (Wildman–Crippen MR) is 80.9 cm³/mol. The molecule has 1 aromatic rings. The third-order valence-corrected chi connectivity index (χ3v) is 4.82. The Hall–Kier alpha value is -1.07. The molecular weight excluding hydrogens is 346 g/mol. The molecule has 1 saturated carbocycles. The molecule has 2 rings (SSSR count). The Kier molecular flexibility index (Phi) is 5.05. The number of amides is 1. The van der Waals surface area contributed by atoms with Crippen molar-refractivity contribution in [2.75, 3.05) is 5.32 Å². The van der Waals surface area contributed by atoms with Gasteiger partial charge < -0.3 is 10.4 Å². The Labute approximate surface area is 130 Å². The quantitative estimate of drug-likeness (QED) is 0.858. The molecule has 2 atom stereocenters. The molecule has 1 amide bonds. The van der Waals surface area contributed by atoms with Crippen molar-refractivity contribution in [2.24, 2.45) is 11.8 Å². The Morgan fingerprint density at radius 1 is 1.25 bits per heavy atom. The smallest absolute Gasteiger partial charge is 0.307 e. The van der Waals surface area contributed by atoms with Crippen molar-refractivity contribution < 1.29 is 14.7 Å². The first-order valence-electron chi connectivity index (χ1n) is 6.48. The predicted octanol–water partition coefficient (Wildman–Crippen LogP) is 3.93. The van der Waals surface area contributed by atoms with E-state index in [1.165, 1.54) is 0 Å². The first-order valence-corrected chi connectivity index (χ1v) is 7.65. The van der Waals surface area contributed by atoms with E-state index in [9.17, 15) is 14.7 Å². The molecule has 6 heteroatoms. The molecule has 2 unspecified atom stereocenters. The molecule has 2 N–H and O–H groups in total. The molecule has 0 radical (unpaired) electrons. The standard InChI is InChI=1S/C14H15BrClNO3/c15-11-7-8(5-6-12(11)16)17-13(18)9-3-1-2-4-10(9)14(19)20/h5-7,9-10H,1-4H2,(H,17,18)(H,19,20). The number of carboxylic acids is 1. The lowest BCUT2D eigenvalue weighted by Gasteiger charge is -2.27. The normalized spacial score (nSPS) is 22.3. The van der Waals surface area contributed by atoms with Gasteiger partial charge in [0.25, 0.3) is 0 Å². The third kappa shape index (κ3) is 3.52. The summed E-state index contributed by atoms with van der Waals surface area (Å²) in [7, 11) is 0. The minimum atomic E-state index is -0.887. The summed E-state index contributed by atoms with van der Waals surface area (Å²) in [5, 5.41) is 12.5. The van der Waals surface area contributed by atoms with Crippen molar-refractivity contribution in [1.29, 1.82) is 0 Å². The minimum Gasteiger partial charge on any atom is -0.481 e. The van der Waals surface area contributed by atoms with Crippen LogP contribution in [0, 0.1) is 11.8 Å². The molecule has 108 valence electrons. The van der Waals surface area contributed by atoms with Crippen molar-refractivity contribution in [3.8, 4) is 0 Å². The fraction of sp³-hybridized carbons (Fsp3) is 0.429. The van der Waals surface area contributed by atoms with Crippen molar-refractivity contribution in [3.05, 3.63) is 27.7 Å². The largest absolute Gasteiger partial charge is 0.481 e. The van der Waals surface area contributed by atoms with Crippen molar-refractivity contribution in [3.63, 3.8) is 0 Å². The SMILES string of the molecule is O=C(O)C1CCCCC1C(=O)Nc1ccc(Cl)c(Br)c1. The van der Waals surface area contributed by atoms with E-state index in [1.807, 2.05) is 0 Å². The summed E-state index contributed by atoms with van der Waals surface area (Å²) in [6.45, 7) is 0. The Morgan fingerprint density at radius 3 is 2.50 bits per heavy atom. The summed E-state index contributed by atoms with van der Waals surface area (Å²) in [4.78, 5) is 23.5. The lowest BCUT2D eigenvalue weighted by atomic mass is 9.78. The van der Waals surface area contributed by atoms with E-state index in [1.54, 1.807) is 18.2 Å². The van der Waals surface area contributed by atoms with Gasteiger partial charge in [-0.3, -0.25) is 9.59 Å². The molecule has 1 aliphatic carbocycles. The lowest BCUT2D eigenvalue weighted by molar-refractivity contribution is -0.147. The Morgan fingerprint density at radius 2 is 1.90 bits per heavy atom. The average Bonchev–Trinajstić information content (AvgIpc) is 2.43. The van der Waals surface area contributed by atoms with Gasteiger partial charge in [-0.05, 0) is 47.0 Å². The number of anilines is 1. The van der Waals surface area contributed by atoms with Crippen LogP contribution in [-0.4, -0.2) is 17.0 Å². The number of hydrogen-bond donors (Lipinski definition) is 2. The van der Waals surface area contributed by atoms with E-state index in [0.29, 0.717) is 28.0 Å². The molecular formula is C14H15BrClNO3. The molecule has 0 aliphatic heterocycles. The van der Waals surface area contributed by atoms with Gasteiger partial charge in [-0.25, -0.2) is 0 Å². The topological polar surface area (TPSA) is 66.4 Å². The number of aliphatic carboxylic acids is 1. The maximum atomic E-state index is 12.3. The van der Waals surface area contributed by atoms with E-state index in [4.69, 9.17) is 11.6 Å². The fourth-order valence-electron chi connectivity index (χ4n) is 2.55. The molecule has 1 aromatic carbocycles. The van der Waals surface area contributed by atoms with Gasteiger partial charge in [0.2, 0.25) is 5.91 Å². The zero-order valence-electron chi connectivity index (χ0n) is 10.7. The van der Waals surface area contributed by atoms with Gasteiger partial charge in [0, 0.05) is 10.2 Å². The average molecular weight is 361 g/mol. The molecule has 1 aliphatic rings. The van der Waals surface area contributed by atoms with Gasteiger partial charge in [-0.1, -0.05) is 24.4 Å². The molecule has 1 fully saturated rings. The molecule has 0 saturated heterocycles. The highest BCUT2D eigenvalue weighted by molar-refractivity contribution is 9.10. The molecule has 0 spiro atoms. The second-order valence-corrected chi connectivity index (χ2v) is 6.22. The van der Waals surface area contributed by atoms with Crippen LogP contribution in [-0.2, 0) is 9.59 Å². The number of benzene rings is 1. The fourth-order valence-corrected chi connectivity index (χ4v) is 3.05. The number of nitrogens with one attached hydrogen (secondary N) is 1. The summed E-state index contributed by atoms with van der Waals surface area (Å²) in [5.41, 5.74) is 0.612. The zero-order valence-corrected chi connectivity index (χ0v) is 13.1. The van der Waals surface area contributed by atoms with E-state index >= 15 is 0 Å². The van der Waals surface area contributed by atoms with E-state index in [2.05, 4.69) is 21.2 Å². The monoisotopic (exact) mass is 359 g/mol. The number of hydrogen-bond acceptors (Lipinski definition) is 2. The van der Waals surface area contributed by atoms with Gasteiger partial charge in [0.15, 0.2) is 0 Å². The van der Waals surface area contributed by atoms with Gasteiger partial charge >= 0.3 is 5.97 Å². The second kappa shape index (κ2) is 6.59. The zero-order chi connectivity index (χ0) is 14.7. The molecule has 20 heavy (non-hydrogen) atoms. The van der Waals surface area contributed by atoms with Crippen molar-refractivity contribution >= 4 is 45.1 Å². The molecule has 4 nitrogen and oxygen atoms in total. The number of halogens is 2. The third-order valence-electron chi connectivity index (χ3n) is 3.61. The van der Waals surface area contributed by atoms with Crippen LogP contribution in [0.25, 0.3) is 0 Å². The van der Waals surface area contributed by atoms with Crippen LogP contribution in [0.4, 0.5) is 5.69 Å². The number of rotatable bonds is 3. The van der Waals surface area contributed by atoms with Crippen molar-refractivity contribution in [1.82, 2.24) is 0 Å².